The number of carbonyl (C=O) groups excluding carboxylic acids is 2. The molecule has 0 spiro atoms. The van der Waals surface area contributed by atoms with E-state index in [2.05, 4.69) is 4.99 Å². The molecule has 0 atom stereocenters. The van der Waals surface area contributed by atoms with Crippen molar-refractivity contribution in [3.63, 3.8) is 0 Å². The fourth-order valence-electron chi connectivity index (χ4n) is 2.26. The van der Waals surface area contributed by atoms with Gasteiger partial charge in [0.2, 0.25) is 6.08 Å². The Kier molecular flexibility index (Phi) is 4.63. The minimum absolute atomic E-state index is 0.183. The molecule has 1 aliphatic rings. The summed E-state index contributed by atoms with van der Waals surface area (Å²) in [6.07, 6.45) is -3.52. The Morgan fingerprint density at radius 2 is 1.86 bits per heavy atom. The highest BCUT2D eigenvalue weighted by molar-refractivity contribution is 5.96. The third kappa shape index (κ3) is 3.52. The number of hydrogen-bond acceptors (Lipinski definition) is 4. The number of rotatable bonds is 2. The first-order chi connectivity index (χ1) is 10.3. The molecule has 22 heavy (non-hydrogen) atoms. The fraction of sp³-hybridized carbons (Fsp3) is 0.429. The van der Waals surface area contributed by atoms with Gasteiger partial charge < -0.3 is 9.80 Å². The van der Waals surface area contributed by atoms with Crippen LogP contribution >= 0.6 is 0 Å². The first kappa shape index (κ1) is 16.2. The van der Waals surface area contributed by atoms with E-state index < -0.39 is 23.2 Å². The molecule has 1 heterocycles. The van der Waals surface area contributed by atoms with Gasteiger partial charge in [0.15, 0.2) is 0 Å². The minimum atomic E-state index is -4.70. The van der Waals surface area contributed by atoms with Gasteiger partial charge in [0.25, 0.3) is 5.91 Å². The van der Waals surface area contributed by atoms with Crippen molar-refractivity contribution in [1.29, 1.82) is 0 Å². The topological polar surface area (TPSA) is 53.0 Å². The lowest BCUT2D eigenvalue weighted by Gasteiger charge is -2.33. The van der Waals surface area contributed by atoms with Crippen LogP contribution in [0.25, 0.3) is 0 Å². The molecule has 0 aromatic heterocycles. The van der Waals surface area contributed by atoms with Gasteiger partial charge >= 0.3 is 6.18 Å². The first-order valence-electron chi connectivity index (χ1n) is 6.60. The maximum atomic E-state index is 13.1. The second-order valence-electron chi connectivity index (χ2n) is 5.03. The van der Waals surface area contributed by atoms with Crippen LogP contribution in [0.4, 0.5) is 18.9 Å². The third-order valence-electron chi connectivity index (χ3n) is 3.50. The predicted molar refractivity (Wildman–Crippen MR) is 72.6 cm³/mol. The summed E-state index contributed by atoms with van der Waals surface area (Å²) in [6.45, 7) is 1.98. The van der Waals surface area contributed by atoms with Gasteiger partial charge in [-0.15, -0.1) is 0 Å². The van der Waals surface area contributed by atoms with Crippen molar-refractivity contribution in [2.75, 3.05) is 33.2 Å². The smallest absolute Gasteiger partial charge is 0.336 e. The zero-order valence-corrected chi connectivity index (χ0v) is 11.9. The summed E-state index contributed by atoms with van der Waals surface area (Å²) >= 11 is 0. The van der Waals surface area contributed by atoms with Gasteiger partial charge in [-0.3, -0.25) is 4.79 Å². The van der Waals surface area contributed by atoms with Crippen LogP contribution in [-0.2, 0) is 11.0 Å². The molecule has 2 rings (SSSR count). The van der Waals surface area contributed by atoms with Crippen LogP contribution in [0.2, 0.25) is 0 Å². The zero-order valence-electron chi connectivity index (χ0n) is 11.9. The minimum Gasteiger partial charge on any atom is -0.336 e. The van der Waals surface area contributed by atoms with Gasteiger partial charge in [-0.25, -0.2) is 4.79 Å². The lowest BCUT2D eigenvalue weighted by Crippen LogP contribution is -2.47. The van der Waals surface area contributed by atoms with Crippen molar-refractivity contribution in [1.82, 2.24) is 9.80 Å². The van der Waals surface area contributed by atoms with Crippen LogP contribution in [0.5, 0.6) is 0 Å². The van der Waals surface area contributed by atoms with Crippen LogP contribution in [0, 0.1) is 0 Å². The molecule has 1 aromatic rings. The monoisotopic (exact) mass is 313 g/mol. The number of isocyanates is 1. The van der Waals surface area contributed by atoms with E-state index in [1.54, 1.807) is 0 Å². The molecule has 0 N–H and O–H groups in total. The highest BCUT2D eigenvalue weighted by Crippen LogP contribution is 2.35. The molecule has 0 saturated carbocycles. The van der Waals surface area contributed by atoms with Gasteiger partial charge in [-0.1, -0.05) is 0 Å². The molecule has 5 nitrogen and oxygen atoms in total. The Balaban J connectivity index is 2.37. The summed E-state index contributed by atoms with van der Waals surface area (Å²) in [6, 6.07) is 2.94. The second-order valence-corrected chi connectivity index (χ2v) is 5.03. The third-order valence-corrected chi connectivity index (χ3v) is 3.50. The fourth-order valence-corrected chi connectivity index (χ4v) is 2.26. The lowest BCUT2D eigenvalue weighted by atomic mass is 10.0. The van der Waals surface area contributed by atoms with E-state index >= 15 is 0 Å². The van der Waals surface area contributed by atoms with Crippen LogP contribution < -0.4 is 0 Å². The maximum Gasteiger partial charge on any atom is 0.417 e. The molecule has 1 saturated heterocycles. The quantitative estimate of drug-likeness (QED) is 0.620. The highest BCUT2D eigenvalue weighted by atomic mass is 19.4. The number of alkyl halides is 3. The zero-order chi connectivity index (χ0) is 16.3. The SMILES string of the molecule is CN1CCN(C(=O)c2ccc(N=C=O)cc2C(F)(F)F)CC1. The molecule has 1 amide bonds. The van der Waals surface area contributed by atoms with Crippen molar-refractivity contribution in [2.24, 2.45) is 4.99 Å². The Bertz CT molecular complexity index is 616. The summed E-state index contributed by atoms with van der Waals surface area (Å²) in [5.41, 5.74) is -1.70. The van der Waals surface area contributed by atoms with Gasteiger partial charge in [0.1, 0.15) is 0 Å². The Hall–Kier alpha value is -2.18. The number of piperazine rings is 1. The second kappa shape index (κ2) is 6.29. The number of aliphatic imine (C=N–C) groups is 1. The van der Waals surface area contributed by atoms with Crippen LogP contribution in [0.1, 0.15) is 15.9 Å². The van der Waals surface area contributed by atoms with Gasteiger partial charge in [-0.05, 0) is 25.2 Å². The number of amides is 1. The lowest BCUT2D eigenvalue weighted by molar-refractivity contribution is -0.138. The number of likely N-dealkylation sites (N-methyl/N-ethyl adjacent to an activating group) is 1. The number of benzene rings is 1. The molecule has 118 valence electrons. The molecule has 0 unspecified atom stereocenters. The Morgan fingerprint density at radius 1 is 1.23 bits per heavy atom. The van der Waals surface area contributed by atoms with E-state index in [1.165, 1.54) is 17.0 Å². The Morgan fingerprint density at radius 3 is 2.41 bits per heavy atom. The number of hydrogen-bond donors (Lipinski definition) is 0. The molecule has 0 aliphatic carbocycles. The standard InChI is InChI=1S/C14H14F3N3O2/c1-19-4-6-20(7-5-19)13(22)11-3-2-10(18-9-21)8-12(11)14(15,16)17/h2-3,8H,4-7H2,1H3. The van der Waals surface area contributed by atoms with Gasteiger partial charge in [-0.2, -0.15) is 18.2 Å². The van der Waals surface area contributed by atoms with E-state index in [-0.39, 0.29) is 5.69 Å². The summed E-state index contributed by atoms with van der Waals surface area (Å²) in [5, 5.41) is 0. The summed E-state index contributed by atoms with van der Waals surface area (Å²) in [4.78, 5) is 29.1. The average Bonchev–Trinajstić information content (AvgIpc) is 2.47. The summed E-state index contributed by atoms with van der Waals surface area (Å²) in [7, 11) is 1.88. The molecular weight excluding hydrogens is 299 g/mol. The van der Waals surface area contributed by atoms with Gasteiger partial charge in [0, 0.05) is 26.2 Å². The molecule has 1 fully saturated rings. The van der Waals surface area contributed by atoms with Crippen molar-refractivity contribution in [3.05, 3.63) is 29.3 Å². The maximum absolute atomic E-state index is 13.1. The number of halogens is 3. The first-order valence-corrected chi connectivity index (χ1v) is 6.60. The van der Waals surface area contributed by atoms with Crippen LogP contribution in [0.15, 0.2) is 23.2 Å². The molecule has 8 heteroatoms. The van der Waals surface area contributed by atoms with E-state index in [0.29, 0.717) is 32.2 Å². The summed E-state index contributed by atoms with van der Waals surface area (Å²) < 4.78 is 39.4. The molecular formula is C14H14F3N3O2. The Labute approximate surface area is 125 Å². The van der Waals surface area contributed by atoms with E-state index in [9.17, 15) is 22.8 Å². The van der Waals surface area contributed by atoms with Crippen molar-refractivity contribution in [2.45, 2.75) is 6.18 Å². The van der Waals surface area contributed by atoms with Crippen LogP contribution in [0.3, 0.4) is 0 Å². The largest absolute Gasteiger partial charge is 0.417 e. The predicted octanol–water partition coefficient (Wildman–Crippen LogP) is 2.06. The van der Waals surface area contributed by atoms with Crippen molar-refractivity contribution in [3.8, 4) is 0 Å². The summed E-state index contributed by atoms with van der Waals surface area (Å²) in [5.74, 6) is -0.665. The normalized spacial score (nSPS) is 16.3. The van der Waals surface area contributed by atoms with Crippen molar-refractivity contribution >= 4 is 17.7 Å². The molecule has 0 radical (unpaired) electrons. The van der Waals surface area contributed by atoms with E-state index in [1.807, 2.05) is 11.9 Å². The van der Waals surface area contributed by atoms with E-state index in [0.717, 1.165) is 6.07 Å². The number of carbonyl (C=O) groups is 1. The molecule has 1 aromatic carbocycles. The van der Waals surface area contributed by atoms with Crippen molar-refractivity contribution < 1.29 is 22.8 Å². The molecule has 1 aliphatic heterocycles. The van der Waals surface area contributed by atoms with Crippen LogP contribution in [-0.4, -0.2) is 55.0 Å². The molecule has 0 bridgehead atoms. The van der Waals surface area contributed by atoms with E-state index in [4.69, 9.17) is 0 Å². The number of nitrogens with zero attached hydrogens (tertiary/aromatic N) is 3. The average molecular weight is 313 g/mol. The highest BCUT2D eigenvalue weighted by Gasteiger charge is 2.37. The van der Waals surface area contributed by atoms with Gasteiger partial charge in [0.05, 0.1) is 16.8 Å².